The summed E-state index contributed by atoms with van der Waals surface area (Å²) in [5.74, 6) is 0.528. The summed E-state index contributed by atoms with van der Waals surface area (Å²) in [5.41, 5.74) is 6.74. The Morgan fingerprint density at radius 2 is 2.47 bits per heavy atom. The molecule has 0 spiro atoms. The van der Waals surface area contributed by atoms with Gasteiger partial charge in [-0.3, -0.25) is 9.78 Å². The monoisotopic (exact) mass is 259 g/mol. The van der Waals surface area contributed by atoms with Crippen LogP contribution in [0.3, 0.4) is 0 Å². The molecule has 1 aliphatic rings. The van der Waals surface area contributed by atoms with Crippen LogP contribution in [0.5, 0.6) is 0 Å². The maximum Gasteiger partial charge on any atom is 0.246 e. The van der Waals surface area contributed by atoms with Crippen LogP contribution in [0, 0.1) is 5.92 Å². The van der Waals surface area contributed by atoms with Crippen molar-refractivity contribution in [3.8, 4) is 0 Å². The Bertz CT molecular complexity index is 444. The fraction of sp³-hybridized carbons (Fsp3) is 0.467. The molecule has 4 heteroatoms. The summed E-state index contributed by atoms with van der Waals surface area (Å²) in [6.07, 6.45) is 9.10. The van der Waals surface area contributed by atoms with Gasteiger partial charge in [0.25, 0.3) is 0 Å². The number of aromatic nitrogens is 1. The van der Waals surface area contributed by atoms with Crippen molar-refractivity contribution < 1.29 is 4.79 Å². The van der Waals surface area contributed by atoms with Gasteiger partial charge in [0.15, 0.2) is 0 Å². The van der Waals surface area contributed by atoms with E-state index in [0.717, 1.165) is 24.9 Å². The van der Waals surface area contributed by atoms with E-state index in [1.54, 1.807) is 18.5 Å². The Kier molecular flexibility index (Phi) is 4.68. The van der Waals surface area contributed by atoms with E-state index >= 15 is 0 Å². The molecule has 0 aromatic carbocycles. The van der Waals surface area contributed by atoms with E-state index in [1.807, 2.05) is 23.1 Å². The minimum atomic E-state index is 0.0471. The highest BCUT2D eigenvalue weighted by atomic mass is 16.2. The molecule has 1 amide bonds. The largest absolute Gasteiger partial charge is 0.335 e. The zero-order valence-electron chi connectivity index (χ0n) is 11.3. The predicted octanol–water partition coefficient (Wildman–Crippen LogP) is 1.68. The highest BCUT2D eigenvalue weighted by Gasteiger charge is 2.29. The van der Waals surface area contributed by atoms with Crippen molar-refractivity contribution in [2.75, 3.05) is 13.1 Å². The van der Waals surface area contributed by atoms with Crippen LogP contribution in [0.4, 0.5) is 0 Å². The SMILES string of the molecule is CC1CCCN(C(=O)/C=C/c2cccnc2)C1CN. The number of hydrogen-bond acceptors (Lipinski definition) is 3. The van der Waals surface area contributed by atoms with Crippen molar-refractivity contribution in [1.29, 1.82) is 0 Å². The zero-order valence-corrected chi connectivity index (χ0v) is 11.3. The van der Waals surface area contributed by atoms with Gasteiger partial charge < -0.3 is 10.6 Å². The Balaban J connectivity index is 2.04. The van der Waals surface area contributed by atoms with E-state index in [4.69, 9.17) is 5.73 Å². The Morgan fingerprint density at radius 1 is 1.63 bits per heavy atom. The lowest BCUT2D eigenvalue weighted by molar-refractivity contribution is -0.130. The van der Waals surface area contributed by atoms with E-state index in [-0.39, 0.29) is 11.9 Å². The molecule has 4 nitrogen and oxygen atoms in total. The van der Waals surface area contributed by atoms with Crippen molar-refractivity contribution in [3.05, 3.63) is 36.2 Å². The fourth-order valence-corrected chi connectivity index (χ4v) is 2.62. The third kappa shape index (κ3) is 3.41. The lowest BCUT2D eigenvalue weighted by Gasteiger charge is -2.38. The molecule has 2 heterocycles. The van der Waals surface area contributed by atoms with Gasteiger partial charge in [-0.25, -0.2) is 0 Å². The molecule has 1 aliphatic heterocycles. The number of piperidine rings is 1. The molecule has 1 saturated heterocycles. The molecule has 19 heavy (non-hydrogen) atoms. The van der Waals surface area contributed by atoms with Crippen LogP contribution < -0.4 is 5.73 Å². The highest BCUT2D eigenvalue weighted by molar-refractivity contribution is 5.92. The number of carbonyl (C=O) groups is 1. The second-order valence-corrected chi connectivity index (χ2v) is 5.07. The first-order chi connectivity index (χ1) is 9.22. The van der Waals surface area contributed by atoms with E-state index in [0.29, 0.717) is 12.5 Å². The minimum absolute atomic E-state index is 0.0471. The first-order valence-corrected chi connectivity index (χ1v) is 6.81. The second-order valence-electron chi connectivity index (χ2n) is 5.07. The molecule has 102 valence electrons. The molecule has 2 rings (SSSR count). The summed E-state index contributed by atoms with van der Waals surface area (Å²) < 4.78 is 0. The quantitative estimate of drug-likeness (QED) is 0.840. The maximum absolute atomic E-state index is 12.2. The van der Waals surface area contributed by atoms with Gasteiger partial charge in [0.1, 0.15) is 0 Å². The molecule has 1 fully saturated rings. The van der Waals surface area contributed by atoms with Crippen molar-refractivity contribution in [3.63, 3.8) is 0 Å². The van der Waals surface area contributed by atoms with E-state index in [2.05, 4.69) is 11.9 Å². The predicted molar refractivity (Wildman–Crippen MR) is 76.2 cm³/mol. The summed E-state index contributed by atoms with van der Waals surface area (Å²) in [4.78, 5) is 18.2. The lowest BCUT2D eigenvalue weighted by Crippen LogP contribution is -2.50. The average molecular weight is 259 g/mol. The van der Waals surface area contributed by atoms with E-state index in [9.17, 15) is 4.79 Å². The molecule has 1 aromatic heterocycles. The van der Waals surface area contributed by atoms with Crippen LogP contribution in [-0.4, -0.2) is 34.9 Å². The molecule has 0 bridgehead atoms. The Labute approximate surface area is 114 Å². The van der Waals surface area contributed by atoms with Crippen molar-refractivity contribution in [1.82, 2.24) is 9.88 Å². The number of rotatable bonds is 3. The summed E-state index contributed by atoms with van der Waals surface area (Å²) in [5, 5.41) is 0. The highest BCUT2D eigenvalue weighted by Crippen LogP contribution is 2.22. The number of likely N-dealkylation sites (tertiary alicyclic amines) is 1. The van der Waals surface area contributed by atoms with Crippen molar-refractivity contribution in [2.45, 2.75) is 25.8 Å². The van der Waals surface area contributed by atoms with Gasteiger partial charge in [-0.15, -0.1) is 0 Å². The van der Waals surface area contributed by atoms with Crippen LogP contribution in [0.25, 0.3) is 6.08 Å². The third-order valence-corrected chi connectivity index (χ3v) is 3.74. The van der Waals surface area contributed by atoms with Crippen molar-refractivity contribution in [2.24, 2.45) is 11.7 Å². The van der Waals surface area contributed by atoms with Crippen LogP contribution in [0.15, 0.2) is 30.6 Å². The molecule has 0 saturated carbocycles. The van der Waals surface area contributed by atoms with Gasteiger partial charge in [-0.2, -0.15) is 0 Å². The topological polar surface area (TPSA) is 59.2 Å². The molecular weight excluding hydrogens is 238 g/mol. The van der Waals surface area contributed by atoms with Gasteiger partial charge in [0.2, 0.25) is 5.91 Å². The van der Waals surface area contributed by atoms with Crippen LogP contribution in [0.2, 0.25) is 0 Å². The van der Waals surface area contributed by atoms with E-state index in [1.165, 1.54) is 0 Å². The first kappa shape index (κ1) is 13.7. The molecule has 2 unspecified atom stereocenters. The smallest absolute Gasteiger partial charge is 0.246 e. The second kappa shape index (κ2) is 6.48. The molecule has 2 atom stereocenters. The number of carbonyl (C=O) groups excluding carboxylic acids is 1. The zero-order chi connectivity index (χ0) is 13.7. The summed E-state index contributed by atoms with van der Waals surface area (Å²) in [6, 6.07) is 3.95. The van der Waals surface area contributed by atoms with Gasteiger partial charge in [0.05, 0.1) is 0 Å². The summed E-state index contributed by atoms with van der Waals surface area (Å²) >= 11 is 0. The van der Waals surface area contributed by atoms with E-state index < -0.39 is 0 Å². The Morgan fingerprint density at radius 3 is 3.16 bits per heavy atom. The lowest BCUT2D eigenvalue weighted by atomic mass is 9.90. The number of pyridine rings is 1. The van der Waals surface area contributed by atoms with Gasteiger partial charge in [0, 0.05) is 37.6 Å². The summed E-state index contributed by atoms with van der Waals surface area (Å²) in [6.45, 7) is 3.51. The minimum Gasteiger partial charge on any atom is -0.335 e. The van der Waals surface area contributed by atoms with Crippen LogP contribution in [0.1, 0.15) is 25.3 Å². The standard InChI is InChI=1S/C15H21N3O/c1-12-4-3-9-18(14(12)10-16)15(19)7-6-13-5-2-8-17-11-13/h2,5-8,11-12,14H,3-4,9-10,16H2,1H3/b7-6+. The van der Waals surface area contributed by atoms with Gasteiger partial charge in [-0.05, 0) is 36.5 Å². The number of hydrogen-bond donors (Lipinski definition) is 1. The normalized spacial score (nSPS) is 23.8. The molecule has 0 aliphatic carbocycles. The molecule has 2 N–H and O–H groups in total. The number of nitrogens with zero attached hydrogens (tertiary/aromatic N) is 2. The number of amides is 1. The molecule has 0 radical (unpaired) electrons. The molecule has 1 aromatic rings. The van der Waals surface area contributed by atoms with Crippen molar-refractivity contribution >= 4 is 12.0 Å². The van der Waals surface area contributed by atoms with Crippen LogP contribution >= 0.6 is 0 Å². The Hall–Kier alpha value is -1.68. The molecular formula is C15H21N3O. The average Bonchev–Trinajstić information content (AvgIpc) is 2.45. The van der Waals surface area contributed by atoms with Gasteiger partial charge >= 0.3 is 0 Å². The first-order valence-electron chi connectivity index (χ1n) is 6.81. The third-order valence-electron chi connectivity index (χ3n) is 3.74. The fourth-order valence-electron chi connectivity index (χ4n) is 2.62. The van der Waals surface area contributed by atoms with Crippen LogP contribution in [-0.2, 0) is 4.79 Å². The maximum atomic E-state index is 12.2. The summed E-state index contributed by atoms with van der Waals surface area (Å²) in [7, 11) is 0. The number of nitrogens with two attached hydrogens (primary N) is 1. The van der Waals surface area contributed by atoms with Gasteiger partial charge in [-0.1, -0.05) is 13.0 Å².